The van der Waals surface area contributed by atoms with Crippen LogP contribution in [-0.4, -0.2) is 76.5 Å². The summed E-state index contributed by atoms with van der Waals surface area (Å²) in [6, 6.07) is 4.19. The number of hydrogen-bond donors (Lipinski definition) is 8. The van der Waals surface area contributed by atoms with Gasteiger partial charge >= 0.3 is 11.9 Å². The van der Waals surface area contributed by atoms with Crippen LogP contribution in [0.15, 0.2) is 35.3 Å². The number of guanidine groups is 1. The number of nitrogens with two attached hydrogens (primary N) is 3. The number of aliphatic imine (C=N–C) groups is 1. The molecule has 0 saturated heterocycles. The standard InChI is InChI=1S/C25H39N7O7/c1-14(2)20(24(38)39)32-23(37)17(9-6-12-29-25(27)28)31-22(36)18(10-11-19(33)34)30-21(35)16(26)13-15-7-4-3-5-8-15/h3-5,7-8,14,16-18,20H,6,9-13,26H2,1-2H3,(H,30,35)(H,31,36)(H,32,37)(H,33,34)(H,38,39)(H4,27,28,29). The fourth-order valence-electron chi connectivity index (χ4n) is 3.59. The van der Waals surface area contributed by atoms with Crippen molar-refractivity contribution in [3.63, 3.8) is 0 Å². The zero-order valence-electron chi connectivity index (χ0n) is 22.1. The highest BCUT2D eigenvalue weighted by Crippen LogP contribution is 2.08. The van der Waals surface area contributed by atoms with Crippen molar-refractivity contribution < 1.29 is 34.2 Å². The summed E-state index contributed by atoms with van der Waals surface area (Å²) in [6.07, 6.45) is -0.240. The minimum Gasteiger partial charge on any atom is -0.481 e. The smallest absolute Gasteiger partial charge is 0.326 e. The minimum absolute atomic E-state index is 0.0336. The second-order valence-corrected chi connectivity index (χ2v) is 9.37. The predicted octanol–water partition coefficient (Wildman–Crippen LogP) is -1.33. The van der Waals surface area contributed by atoms with Gasteiger partial charge in [-0.3, -0.25) is 24.2 Å². The van der Waals surface area contributed by atoms with Gasteiger partial charge in [-0.15, -0.1) is 0 Å². The van der Waals surface area contributed by atoms with E-state index in [1.54, 1.807) is 38.1 Å². The molecule has 0 aromatic heterocycles. The molecule has 1 aromatic carbocycles. The lowest BCUT2D eigenvalue weighted by atomic mass is 10.0. The SMILES string of the molecule is CC(C)C(NC(=O)C(CCCN=C(N)N)NC(=O)C(CCC(=O)O)NC(=O)C(N)Cc1ccccc1)C(=O)O. The number of rotatable bonds is 17. The Morgan fingerprint density at radius 3 is 1.97 bits per heavy atom. The number of carboxylic acids is 2. The molecule has 39 heavy (non-hydrogen) atoms. The van der Waals surface area contributed by atoms with Gasteiger partial charge in [0.15, 0.2) is 5.96 Å². The Hall–Kier alpha value is -4.20. The number of nitrogens with one attached hydrogen (secondary N) is 3. The van der Waals surface area contributed by atoms with Crippen LogP contribution in [0.4, 0.5) is 0 Å². The summed E-state index contributed by atoms with van der Waals surface area (Å²) in [6.45, 7) is 3.37. The third-order valence-corrected chi connectivity index (χ3v) is 5.72. The summed E-state index contributed by atoms with van der Waals surface area (Å²) < 4.78 is 0. The first-order valence-electron chi connectivity index (χ1n) is 12.5. The summed E-state index contributed by atoms with van der Waals surface area (Å²) in [5.41, 5.74) is 17.4. The van der Waals surface area contributed by atoms with Crippen molar-refractivity contribution in [2.24, 2.45) is 28.1 Å². The second-order valence-electron chi connectivity index (χ2n) is 9.37. The van der Waals surface area contributed by atoms with Crippen LogP contribution >= 0.6 is 0 Å². The number of nitrogens with zero attached hydrogens (tertiary/aromatic N) is 1. The Bertz CT molecular complexity index is 1010. The van der Waals surface area contributed by atoms with Gasteiger partial charge < -0.3 is 43.4 Å². The lowest BCUT2D eigenvalue weighted by Gasteiger charge is -2.26. The molecule has 0 aliphatic carbocycles. The minimum atomic E-state index is -1.32. The molecule has 1 aromatic rings. The molecule has 0 heterocycles. The lowest BCUT2D eigenvalue weighted by Crippen LogP contribution is -2.57. The normalized spacial score (nSPS) is 13.8. The number of hydrogen-bond acceptors (Lipinski definition) is 7. The van der Waals surface area contributed by atoms with Gasteiger partial charge in [0.25, 0.3) is 0 Å². The quantitative estimate of drug-likeness (QED) is 0.0645. The monoisotopic (exact) mass is 549 g/mol. The molecule has 14 heteroatoms. The van der Waals surface area contributed by atoms with E-state index in [0.29, 0.717) is 0 Å². The Labute approximate surface area is 226 Å². The molecular formula is C25H39N7O7. The van der Waals surface area contributed by atoms with Gasteiger partial charge in [-0.05, 0) is 37.2 Å². The molecule has 14 nitrogen and oxygen atoms in total. The number of amides is 3. The summed E-state index contributed by atoms with van der Waals surface area (Å²) in [5.74, 6) is -5.31. The Balaban J connectivity index is 3.05. The van der Waals surface area contributed by atoms with E-state index in [4.69, 9.17) is 22.3 Å². The average molecular weight is 550 g/mol. The molecule has 11 N–H and O–H groups in total. The molecule has 1 rings (SSSR count). The molecule has 0 fully saturated rings. The van der Waals surface area contributed by atoms with Gasteiger partial charge in [0.1, 0.15) is 18.1 Å². The van der Waals surface area contributed by atoms with Crippen molar-refractivity contribution in [3.05, 3.63) is 35.9 Å². The van der Waals surface area contributed by atoms with Crippen LogP contribution in [0.1, 0.15) is 45.1 Å². The van der Waals surface area contributed by atoms with Crippen LogP contribution in [0.5, 0.6) is 0 Å². The first-order chi connectivity index (χ1) is 18.3. The first kappa shape index (κ1) is 32.8. The van der Waals surface area contributed by atoms with Crippen molar-refractivity contribution in [1.82, 2.24) is 16.0 Å². The van der Waals surface area contributed by atoms with E-state index in [1.165, 1.54) is 0 Å². The van der Waals surface area contributed by atoms with Crippen molar-refractivity contribution in [3.8, 4) is 0 Å². The third kappa shape index (κ3) is 12.7. The molecule has 0 aliphatic heterocycles. The van der Waals surface area contributed by atoms with E-state index in [-0.39, 0.29) is 38.2 Å². The van der Waals surface area contributed by atoms with E-state index in [9.17, 15) is 29.1 Å². The predicted molar refractivity (Wildman–Crippen MR) is 143 cm³/mol. The van der Waals surface area contributed by atoms with Crippen LogP contribution in [0.2, 0.25) is 0 Å². The zero-order valence-corrected chi connectivity index (χ0v) is 22.1. The highest BCUT2D eigenvalue weighted by molar-refractivity contribution is 5.94. The molecule has 216 valence electrons. The van der Waals surface area contributed by atoms with Crippen LogP contribution in [0, 0.1) is 5.92 Å². The fourth-order valence-corrected chi connectivity index (χ4v) is 3.59. The fraction of sp³-hybridized carbons (Fsp3) is 0.520. The van der Waals surface area contributed by atoms with Gasteiger partial charge in [-0.2, -0.15) is 0 Å². The van der Waals surface area contributed by atoms with Crippen LogP contribution in [-0.2, 0) is 30.4 Å². The molecule has 3 amide bonds. The summed E-state index contributed by atoms with van der Waals surface area (Å²) in [5, 5.41) is 25.9. The number of benzene rings is 1. The number of carboxylic acid groups (broad SMARTS) is 2. The second kappa shape index (κ2) is 16.6. The van der Waals surface area contributed by atoms with Crippen LogP contribution in [0.3, 0.4) is 0 Å². The molecule has 0 aliphatic rings. The summed E-state index contributed by atoms with van der Waals surface area (Å²) >= 11 is 0. The Morgan fingerprint density at radius 2 is 1.44 bits per heavy atom. The van der Waals surface area contributed by atoms with Gasteiger partial charge in [0, 0.05) is 13.0 Å². The topological polar surface area (TPSA) is 252 Å². The summed E-state index contributed by atoms with van der Waals surface area (Å²) in [4.78, 5) is 65.4. The Kier molecular flexibility index (Phi) is 14.0. The van der Waals surface area contributed by atoms with Crippen molar-refractivity contribution in [1.29, 1.82) is 0 Å². The Morgan fingerprint density at radius 1 is 0.872 bits per heavy atom. The molecule has 4 unspecified atom stereocenters. The van der Waals surface area contributed by atoms with E-state index in [1.807, 2.05) is 6.07 Å². The molecule has 0 radical (unpaired) electrons. The molecule has 0 saturated carbocycles. The maximum absolute atomic E-state index is 13.2. The largest absolute Gasteiger partial charge is 0.481 e. The zero-order chi connectivity index (χ0) is 29.5. The van der Waals surface area contributed by atoms with Gasteiger partial charge in [0.05, 0.1) is 6.04 Å². The third-order valence-electron chi connectivity index (χ3n) is 5.72. The van der Waals surface area contributed by atoms with E-state index < -0.39 is 66.2 Å². The maximum Gasteiger partial charge on any atom is 0.326 e. The first-order valence-corrected chi connectivity index (χ1v) is 12.5. The molecule has 0 bridgehead atoms. The summed E-state index contributed by atoms with van der Waals surface area (Å²) in [7, 11) is 0. The number of aliphatic carboxylic acids is 2. The van der Waals surface area contributed by atoms with Gasteiger partial charge in [0.2, 0.25) is 17.7 Å². The number of carbonyl (C=O) groups excluding carboxylic acids is 3. The molecular weight excluding hydrogens is 510 g/mol. The van der Waals surface area contributed by atoms with Crippen molar-refractivity contribution >= 4 is 35.6 Å². The molecule has 4 atom stereocenters. The van der Waals surface area contributed by atoms with Crippen LogP contribution in [0.25, 0.3) is 0 Å². The lowest BCUT2D eigenvalue weighted by molar-refractivity contribution is -0.143. The average Bonchev–Trinajstić information content (AvgIpc) is 2.86. The van der Waals surface area contributed by atoms with Gasteiger partial charge in [-0.1, -0.05) is 44.2 Å². The number of carbonyl (C=O) groups is 5. The van der Waals surface area contributed by atoms with Gasteiger partial charge in [-0.25, -0.2) is 4.79 Å². The molecule has 0 spiro atoms. The van der Waals surface area contributed by atoms with E-state index >= 15 is 0 Å². The maximum atomic E-state index is 13.2. The van der Waals surface area contributed by atoms with Crippen LogP contribution < -0.4 is 33.2 Å². The van der Waals surface area contributed by atoms with Crippen molar-refractivity contribution in [2.45, 2.75) is 70.1 Å². The highest BCUT2D eigenvalue weighted by atomic mass is 16.4. The van der Waals surface area contributed by atoms with Crippen molar-refractivity contribution in [2.75, 3.05) is 6.54 Å². The van der Waals surface area contributed by atoms with E-state index in [0.717, 1.165) is 5.56 Å². The van der Waals surface area contributed by atoms with E-state index in [2.05, 4.69) is 20.9 Å². The highest BCUT2D eigenvalue weighted by Gasteiger charge is 2.31.